The first-order valence-corrected chi connectivity index (χ1v) is 8.12. The van der Waals surface area contributed by atoms with E-state index in [4.69, 9.17) is 4.74 Å². The van der Waals surface area contributed by atoms with Crippen molar-refractivity contribution in [2.45, 2.75) is 18.9 Å². The zero-order valence-electron chi connectivity index (χ0n) is 13.4. The first-order chi connectivity index (χ1) is 11.3. The summed E-state index contributed by atoms with van der Waals surface area (Å²) < 4.78 is 5.16. The van der Waals surface area contributed by atoms with Crippen molar-refractivity contribution < 1.29 is 14.4 Å². The molecular weight excluding hydrogens is 288 g/mol. The smallest absolute Gasteiger partial charge is 0.287 e. The minimum Gasteiger partial charge on any atom is -0.497 e. The van der Waals surface area contributed by atoms with Crippen LogP contribution in [0.1, 0.15) is 24.4 Å². The Labute approximate surface area is 137 Å². The molecule has 2 aromatic carbocycles. The highest BCUT2D eigenvalue weighted by Crippen LogP contribution is 2.18. The molecule has 2 aromatic rings. The molecule has 1 saturated heterocycles. The van der Waals surface area contributed by atoms with Crippen LogP contribution in [0.4, 0.5) is 5.69 Å². The van der Waals surface area contributed by atoms with Crippen LogP contribution in [0.3, 0.4) is 0 Å². The number of ether oxygens (including phenoxy) is 1. The number of hydrogen-bond acceptors (Lipinski definition) is 2. The summed E-state index contributed by atoms with van der Waals surface area (Å²) in [6.45, 7) is 2.10. The molecule has 120 valence electrons. The third-order valence-corrected chi connectivity index (χ3v) is 4.41. The maximum Gasteiger partial charge on any atom is 0.287 e. The van der Waals surface area contributed by atoms with Crippen LogP contribution in [0.5, 0.6) is 5.75 Å². The van der Waals surface area contributed by atoms with E-state index >= 15 is 0 Å². The molecule has 0 aromatic heterocycles. The fraction of sp³-hybridized carbons (Fsp3) is 0.316. The SMILES string of the molecule is COc1ccc(NC(=O)[C@@H](c2ccccc2)[NH+]2CCCC2)cc1. The molecule has 1 fully saturated rings. The Kier molecular flexibility index (Phi) is 4.93. The minimum absolute atomic E-state index is 0.0540. The second-order valence-electron chi connectivity index (χ2n) is 5.93. The molecule has 1 aliphatic rings. The van der Waals surface area contributed by atoms with Crippen molar-refractivity contribution in [3.63, 3.8) is 0 Å². The van der Waals surface area contributed by atoms with Crippen molar-refractivity contribution in [2.75, 3.05) is 25.5 Å². The molecule has 1 heterocycles. The van der Waals surface area contributed by atoms with E-state index in [1.165, 1.54) is 17.7 Å². The fourth-order valence-electron chi connectivity index (χ4n) is 3.22. The van der Waals surface area contributed by atoms with Gasteiger partial charge in [-0.2, -0.15) is 0 Å². The van der Waals surface area contributed by atoms with Gasteiger partial charge in [-0.15, -0.1) is 0 Å². The van der Waals surface area contributed by atoms with Gasteiger partial charge in [-0.3, -0.25) is 4.79 Å². The van der Waals surface area contributed by atoms with Crippen LogP contribution >= 0.6 is 0 Å². The zero-order valence-corrected chi connectivity index (χ0v) is 13.4. The highest BCUT2D eigenvalue weighted by molar-refractivity contribution is 5.94. The van der Waals surface area contributed by atoms with Gasteiger partial charge < -0.3 is 15.0 Å². The van der Waals surface area contributed by atoms with E-state index in [2.05, 4.69) is 5.32 Å². The van der Waals surface area contributed by atoms with Gasteiger partial charge in [0.1, 0.15) is 5.75 Å². The molecule has 0 radical (unpaired) electrons. The third-order valence-electron chi connectivity index (χ3n) is 4.41. The van der Waals surface area contributed by atoms with Gasteiger partial charge in [0.2, 0.25) is 0 Å². The zero-order chi connectivity index (χ0) is 16.1. The molecule has 1 amide bonds. The number of rotatable bonds is 5. The molecule has 1 aliphatic heterocycles. The van der Waals surface area contributed by atoms with E-state index in [9.17, 15) is 4.79 Å². The molecule has 2 N–H and O–H groups in total. The van der Waals surface area contributed by atoms with Gasteiger partial charge in [0.25, 0.3) is 5.91 Å². The van der Waals surface area contributed by atoms with Crippen LogP contribution in [0.15, 0.2) is 54.6 Å². The molecule has 4 nitrogen and oxygen atoms in total. The minimum atomic E-state index is -0.152. The highest BCUT2D eigenvalue weighted by atomic mass is 16.5. The van der Waals surface area contributed by atoms with Crippen molar-refractivity contribution in [2.24, 2.45) is 0 Å². The summed E-state index contributed by atoms with van der Waals surface area (Å²) in [4.78, 5) is 14.2. The van der Waals surface area contributed by atoms with E-state index in [1.807, 2.05) is 54.6 Å². The number of anilines is 1. The summed E-state index contributed by atoms with van der Waals surface area (Å²) in [6.07, 6.45) is 2.38. The summed E-state index contributed by atoms with van der Waals surface area (Å²) in [5, 5.41) is 3.05. The number of methoxy groups -OCH3 is 1. The molecule has 0 unspecified atom stereocenters. The Morgan fingerprint density at radius 1 is 1.04 bits per heavy atom. The Morgan fingerprint density at radius 2 is 1.70 bits per heavy atom. The van der Waals surface area contributed by atoms with Gasteiger partial charge in [0.05, 0.1) is 20.2 Å². The molecule has 1 atom stereocenters. The topological polar surface area (TPSA) is 42.8 Å². The Balaban J connectivity index is 1.79. The van der Waals surface area contributed by atoms with Crippen LogP contribution in [-0.2, 0) is 4.79 Å². The number of hydrogen-bond donors (Lipinski definition) is 2. The first kappa shape index (κ1) is 15.6. The molecular formula is C19H23N2O2+. The normalized spacial score (nSPS) is 16.0. The number of benzene rings is 2. The van der Waals surface area contributed by atoms with E-state index in [1.54, 1.807) is 7.11 Å². The molecule has 0 saturated carbocycles. The van der Waals surface area contributed by atoms with E-state index < -0.39 is 0 Å². The van der Waals surface area contributed by atoms with Gasteiger partial charge in [-0.05, 0) is 24.3 Å². The summed E-state index contributed by atoms with van der Waals surface area (Å²) in [6, 6.07) is 17.4. The first-order valence-electron chi connectivity index (χ1n) is 8.12. The summed E-state index contributed by atoms with van der Waals surface area (Å²) >= 11 is 0. The van der Waals surface area contributed by atoms with Crippen molar-refractivity contribution in [3.05, 3.63) is 60.2 Å². The summed E-state index contributed by atoms with van der Waals surface area (Å²) in [5.41, 5.74) is 1.88. The monoisotopic (exact) mass is 311 g/mol. The predicted molar refractivity (Wildman–Crippen MR) is 90.7 cm³/mol. The lowest BCUT2D eigenvalue weighted by atomic mass is 10.0. The van der Waals surface area contributed by atoms with E-state index in [0.717, 1.165) is 30.1 Å². The molecule has 23 heavy (non-hydrogen) atoms. The second-order valence-corrected chi connectivity index (χ2v) is 5.93. The lowest BCUT2D eigenvalue weighted by Crippen LogP contribution is -3.11. The Morgan fingerprint density at radius 3 is 2.30 bits per heavy atom. The number of nitrogens with one attached hydrogen (secondary N) is 2. The van der Waals surface area contributed by atoms with Gasteiger partial charge in [0, 0.05) is 24.1 Å². The van der Waals surface area contributed by atoms with Crippen molar-refractivity contribution in [3.8, 4) is 5.75 Å². The quantitative estimate of drug-likeness (QED) is 0.887. The molecule has 0 aliphatic carbocycles. The lowest BCUT2D eigenvalue weighted by Gasteiger charge is -2.24. The molecule has 0 spiro atoms. The number of amides is 1. The van der Waals surface area contributed by atoms with Crippen LogP contribution in [-0.4, -0.2) is 26.1 Å². The summed E-state index contributed by atoms with van der Waals surface area (Å²) in [5.74, 6) is 0.839. The van der Waals surface area contributed by atoms with Crippen LogP contribution in [0.2, 0.25) is 0 Å². The Hall–Kier alpha value is -2.33. The van der Waals surface area contributed by atoms with Crippen LogP contribution in [0.25, 0.3) is 0 Å². The van der Waals surface area contributed by atoms with Crippen molar-refractivity contribution in [1.29, 1.82) is 0 Å². The fourth-order valence-corrected chi connectivity index (χ4v) is 3.22. The second kappa shape index (κ2) is 7.29. The molecule has 4 heteroatoms. The Bertz CT molecular complexity index is 634. The van der Waals surface area contributed by atoms with Crippen molar-refractivity contribution in [1.82, 2.24) is 0 Å². The van der Waals surface area contributed by atoms with E-state index in [0.29, 0.717) is 0 Å². The predicted octanol–water partition coefficient (Wildman–Crippen LogP) is 2.05. The van der Waals surface area contributed by atoms with Gasteiger partial charge in [-0.1, -0.05) is 30.3 Å². The van der Waals surface area contributed by atoms with Gasteiger partial charge in [0.15, 0.2) is 6.04 Å². The van der Waals surface area contributed by atoms with Gasteiger partial charge >= 0.3 is 0 Å². The van der Waals surface area contributed by atoms with Crippen LogP contribution < -0.4 is 15.0 Å². The van der Waals surface area contributed by atoms with Crippen molar-refractivity contribution >= 4 is 11.6 Å². The maximum atomic E-state index is 12.9. The lowest BCUT2D eigenvalue weighted by molar-refractivity contribution is -0.909. The number of quaternary nitrogens is 1. The standard InChI is InChI=1S/C19H22N2O2/c1-23-17-11-9-16(10-12-17)20-19(22)18(21-13-5-6-14-21)15-7-3-2-4-8-15/h2-4,7-12,18H,5-6,13-14H2,1H3,(H,20,22)/p+1/t18-/m1/s1. The largest absolute Gasteiger partial charge is 0.497 e. The number of likely N-dealkylation sites (tertiary alicyclic amines) is 1. The van der Waals surface area contributed by atoms with Crippen LogP contribution in [0, 0.1) is 0 Å². The summed E-state index contributed by atoms with van der Waals surface area (Å²) in [7, 11) is 1.63. The number of carbonyl (C=O) groups excluding carboxylic acids is 1. The van der Waals surface area contributed by atoms with E-state index in [-0.39, 0.29) is 11.9 Å². The highest BCUT2D eigenvalue weighted by Gasteiger charge is 2.33. The molecule has 0 bridgehead atoms. The average molecular weight is 311 g/mol. The average Bonchev–Trinajstić information content (AvgIpc) is 3.11. The van der Waals surface area contributed by atoms with Gasteiger partial charge in [-0.25, -0.2) is 0 Å². The molecule has 3 rings (SSSR count). The maximum absolute atomic E-state index is 12.9. The third kappa shape index (κ3) is 3.71. The number of carbonyl (C=O) groups is 1.